The van der Waals surface area contributed by atoms with Crippen LogP contribution < -0.4 is 16.4 Å². The van der Waals surface area contributed by atoms with E-state index in [2.05, 4.69) is 10.6 Å². The van der Waals surface area contributed by atoms with Crippen molar-refractivity contribution in [3.05, 3.63) is 60.2 Å². The molecular formula is C19H24N4O2. The fraction of sp³-hybridized carbons (Fsp3) is 0.263. The molecule has 0 aliphatic rings. The highest BCUT2D eigenvalue weighted by Gasteiger charge is 2.15. The lowest BCUT2D eigenvalue weighted by molar-refractivity contribution is -0.117. The largest absolute Gasteiger partial charge is 0.326 e. The van der Waals surface area contributed by atoms with Crippen LogP contribution in [-0.2, 0) is 9.59 Å². The van der Waals surface area contributed by atoms with Gasteiger partial charge >= 0.3 is 0 Å². The van der Waals surface area contributed by atoms with E-state index in [4.69, 9.17) is 5.73 Å². The van der Waals surface area contributed by atoms with Crippen molar-refractivity contribution in [3.8, 4) is 0 Å². The zero-order chi connectivity index (χ0) is 18.2. The average molecular weight is 340 g/mol. The molecule has 0 aliphatic heterocycles. The summed E-state index contributed by atoms with van der Waals surface area (Å²) in [4.78, 5) is 26.0. The second-order valence-corrected chi connectivity index (χ2v) is 6.06. The van der Waals surface area contributed by atoms with Gasteiger partial charge in [0.05, 0.1) is 0 Å². The Labute approximate surface area is 148 Å². The maximum Gasteiger partial charge on any atom is 0.245 e. The van der Waals surface area contributed by atoms with E-state index >= 15 is 0 Å². The van der Waals surface area contributed by atoms with E-state index in [1.807, 2.05) is 49.3 Å². The first-order valence-electron chi connectivity index (χ1n) is 8.12. The molecule has 6 heteroatoms. The van der Waals surface area contributed by atoms with Crippen molar-refractivity contribution in [2.45, 2.75) is 12.5 Å². The van der Waals surface area contributed by atoms with E-state index in [1.165, 1.54) is 0 Å². The molecule has 0 saturated heterocycles. The Kier molecular flexibility index (Phi) is 6.68. The quantitative estimate of drug-likeness (QED) is 0.721. The second-order valence-electron chi connectivity index (χ2n) is 6.06. The van der Waals surface area contributed by atoms with E-state index in [0.29, 0.717) is 24.3 Å². The number of anilines is 2. The lowest BCUT2D eigenvalue weighted by Gasteiger charge is -2.13. The highest BCUT2D eigenvalue weighted by molar-refractivity contribution is 5.96. The van der Waals surface area contributed by atoms with Crippen LogP contribution in [0.25, 0.3) is 0 Å². The molecule has 2 aromatic carbocycles. The number of benzene rings is 2. The number of hydrogen-bond acceptors (Lipinski definition) is 4. The lowest BCUT2D eigenvalue weighted by Crippen LogP contribution is -2.27. The summed E-state index contributed by atoms with van der Waals surface area (Å²) < 4.78 is 0. The van der Waals surface area contributed by atoms with Gasteiger partial charge in [-0.2, -0.15) is 0 Å². The number of amides is 2. The molecule has 0 radical (unpaired) electrons. The molecule has 2 amide bonds. The summed E-state index contributed by atoms with van der Waals surface area (Å²) in [7, 11) is 3.84. The zero-order valence-corrected chi connectivity index (χ0v) is 14.5. The Balaban J connectivity index is 1.89. The minimum atomic E-state index is -0.730. The van der Waals surface area contributed by atoms with Crippen LogP contribution in [0, 0.1) is 0 Å². The van der Waals surface area contributed by atoms with E-state index in [0.717, 1.165) is 5.56 Å². The molecule has 4 N–H and O–H groups in total. The fourth-order valence-electron chi connectivity index (χ4n) is 2.22. The van der Waals surface area contributed by atoms with Crippen molar-refractivity contribution < 1.29 is 9.59 Å². The maximum atomic E-state index is 12.2. The number of carbonyl (C=O) groups is 2. The van der Waals surface area contributed by atoms with E-state index in [1.54, 1.807) is 24.3 Å². The third kappa shape index (κ3) is 6.02. The fourth-order valence-corrected chi connectivity index (χ4v) is 2.22. The van der Waals surface area contributed by atoms with Gasteiger partial charge in [0.25, 0.3) is 0 Å². The van der Waals surface area contributed by atoms with Crippen LogP contribution in [0.4, 0.5) is 11.4 Å². The van der Waals surface area contributed by atoms with Crippen molar-refractivity contribution in [3.63, 3.8) is 0 Å². The highest BCUT2D eigenvalue weighted by Crippen LogP contribution is 2.16. The van der Waals surface area contributed by atoms with Gasteiger partial charge < -0.3 is 21.3 Å². The number of carbonyl (C=O) groups excluding carboxylic acids is 2. The summed E-state index contributed by atoms with van der Waals surface area (Å²) >= 11 is 0. The van der Waals surface area contributed by atoms with Crippen molar-refractivity contribution in [1.29, 1.82) is 0 Å². The molecule has 0 heterocycles. The van der Waals surface area contributed by atoms with Crippen LogP contribution in [0.5, 0.6) is 0 Å². The SMILES string of the molecule is CN(C)CCC(=O)Nc1ccc(NC(=O)C(N)c2ccccc2)cc1. The van der Waals surface area contributed by atoms with Gasteiger partial charge in [-0.3, -0.25) is 9.59 Å². The molecule has 0 saturated carbocycles. The monoisotopic (exact) mass is 340 g/mol. The summed E-state index contributed by atoms with van der Waals surface area (Å²) in [6.07, 6.45) is 0.428. The summed E-state index contributed by atoms with van der Waals surface area (Å²) in [6, 6.07) is 15.4. The molecule has 132 valence electrons. The van der Waals surface area contributed by atoms with Crippen LogP contribution in [0.1, 0.15) is 18.0 Å². The van der Waals surface area contributed by atoms with Crippen LogP contribution in [-0.4, -0.2) is 37.4 Å². The number of nitrogens with one attached hydrogen (secondary N) is 2. The van der Waals surface area contributed by atoms with Gasteiger partial charge in [-0.05, 0) is 43.9 Å². The van der Waals surface area contributed by atoms with Gasteiger partial charge in [0.15, 0.2) is 0 Å². The summed E-state index contributed by atoms with van der Waals surface area (Å²) in [6.45, 7) is 0.692. The Morgan fingerprint density at radius 3 is 2.08 bits per heavy atom. The first-order chi connectivity index (χ1) is 12.0. The number of hydrogen-bond donors (Lipinski definition) is 3. The Morgan fingerprint density at radius 2 is 1.52 bits per heavy atom. The minimum absolute atomic E-state index is 0.0448. The topological polar surface area (TPSA) is 87.5 Å². The molecular weight excluding hydrogens is 316 g/mol. The first kappa shape index (κ1) is 18.6. The Bertz CT molecular complexity index is 699. The Morgan fingerprint density at radius 1 is 0.960 bits per heavy atom. The van der Waals surface area contributed by atoms with Crippen molar-refractivity contribution in [2.75, 3.05) is 31.3 Å². The summed E-state index contributed by atoms with van der Waals surface area (Å²) in [5.74, 6) is -0.328. The van der Waals surface area contributed by atoms with Gasteiger partial charge in [-0.15, -0.1) is 0 Å². The zero-order valence-electron chi connectivity index (χ0n) is 14.5. The van der Waals surface area contributed by atoms with Gasteiger partial charge in [0, 0.05) is 24.3 Å². The third-order valence-electron chi connectivity index (χ3n) is 3.66. The highest BCUT2D eigenvalue weighted by atomic mass is 16.2. The predicted octanol–water partition coefficient (Wildman–Crippen LogP) is 2.22. The van der Waals surface area contributed by atoms with E-state index in [-0.39, 0.29) is 11.8 Å². The van der Waals surface area contributed by atoms with Gasteiger partial charge in [-0.1, -0.05) is 30.3 Å². The standard InChI is InChI=1S/C19H24N4O2/c1-23(2)13-12-17(24)21-15-8-10-16(11-9-15)22-19(25)18(20)14-6-4-3-5-7-14/h3-11,18H,12-13,20H2,1-2H3,(H,21,24)(H,22,25). The molecule has 2 rings (SSSR count). The lowest BCUT2D eigenvalue weighted by atomic mass is 10.1. The molecule has 1 unspecified atom stereocenters. The van der Waals surface area contributed by atoms with E-state index in [9.17, 15) is 9.59 Å². The van der Waals surface area contributed by atoms with Crippen LogP contribution in [0.2, 0.25) is 0 Å². The normalized spacial score (nSPS) is 11.8. The molecule has 0 aliphatic carbocycles. The smallest absolute Gasteiger partial charge is 0.245 e. The Hall–Kier alpha value is -2.70. The van der Waals surface area contributed by atoms with Crippen LogP contribution in [0.15, 0.2) is 54.6 Å². The minimum Gasteiger partial charge on any atom is -0.326 e. The molecule has 0 aromatic heterocycles. The van der Waals surface area contributed by atoms with Gasteiger partial charge in [0.1, 0.15) is 6.04 Å². The summed E-state index contributed by atoms with van der Waals surface area (Å²) in [5.41, 5.74) is 8.04. The summed E-state index contributed by atoms with van der Waals surface area (Å²) in [5, 5.41) is 5.60. The molecule has 25 heavy (non-hydrogen) atoms. The first-order valence-corrected chi connectivity index (χ1v) is 8.12. The second kappa shape index (κ2) is 8.96. The molecule has 2 aromatic rings. The molecule has 1 atom stereocenters. The molecule has 0 fully saturated rings. The van der Waals surface area contributed by atoms with Crippen LogP contribution >= 0.6 is 0 Å². The molecule has 0 bridgehead atoms. The number of nitrogens with two attached hydrogens (primary N) is 1. The van der Waals surface area contributed by atoms with Crippen LogP contribution in [0.3, 0.4) is 0 Å². The van der Waals surface area contributed by atoms with Crippen molar-refractivity contribution >= 4 is 23.2 Å². The van der Waals surface area contributed by atoms with Gasteiger partial charge in [0.2, 0.25) is 11.8 Å². The number of rotatable bonds is 7. The van der Waals surface area contributed by atoms with E-state index < -0.39 is 6.04 Å². The molecule has 0 spiro atoms. The third-order valence-corrected chi connectivity index (χ3v) is 3.66. The van der Waals surface area contributed by atoms with Gasteiger partial charge in [-0.25, -0.2) is 0 Å². The van der Waals surface area contributed by atoms with Crippen molar-refractivity contribution in [2.24, 2.45) is 5.73 Å². The number of nitrogens with zero attached hydrogens (tertiary/aromatic N) is 1. The maximum absolute atomic E-state index is 12.2. The predicted molar refractivity (Wildman–Crippen MR) is 100 cm³/mol. The average Bonchev–Trinajstić information content (AvgIpc) is 2.61. The molecule has 6 nitrogen and oxygen atoms in total. The van der Waals surface area contributed by atoms with Crippen molar-refractivity contribution in [1.82, 2.24) is 4.90 Å².